The zero-order valence-electron chi connectivity index (χ0n) is 18.2. The molecule has 8 nitrogen and oxygen atoms in total. The van der Waals surface area contributed by atoms with E-state index in [1.165, 1.54) is 20.3 Å². The summed E-state index contributed by atoms with van der Waals surface area (Å²) >= 11 is 0. The molecule has 0 spiro atoms. The Morgan fingerprint density at radius 1 is 0.903 bits per heavy atom. The van der Waals surface area contributed by atoms with Gasteiger partial charge in [-0.1, -0.05) is 6.08 Å². The molecule has 0 atom stereocenters. The van der Waals surface area contributed by atoms with Crippen molar-refractivity contribution in [3.63, 3.8) is 0 Å². The first-order chi connectivity index (χ1) is 15.0. The van der Waals surface area contributed by atoms with Crippen molar-refractivity contribution >= 4 is 11.9 Å². The summed E-state index contributed by atoms with van der Waals surface area (Å²) in [6.45, 7) is 4.82. The molecule has 2 aromatic rings. The van der Waals surface area contributed by atoms with E-state index < -0.39 is 0 Å². The van der Waals surface area contributed by atoms with Gasteiger partial charge in [-0.25, -0.2) is 0 Å². The Bertz CT molecular complexity index is 866. The van der Waals surface area contributed by atoms with Gasteiger partial charge < -0.3 is 33.5 Å². The van der Waals surface area contributed by atoms with Crippen molar-refractivity contribution in [3.05, 3.63) is 47.5 Å². The number of ether oxygens (including phenoxy) is 6. The largest absolute Gasteiger partial charge is 0.502 e. The van der Waals surface area contributed by atoms with Crippen LogP contribution in [0.1, 0.15) is 29.8 Å². The number of phenols is 1. The topological polar surface area (TPSA) is 92.7 Å². The molecule has 0 fully saturated rings. The highest BCUT2D eigenvalue weighted by Crippen LogP contribution is 2.37. The third-order valence-electron chi connectivity index (χ3n) is 4.16. The van der Waals surface area contributed by atoms with Gasteiger partial charge in [-0.15, -0.1) is 0 Å². The van der Waals surface area contributed by atoms with Gasteiger partial charge in [0, 0.05) is 19.3 Å². The average Bonchev–Trinajstić information content (AvgIpc) is 2.78. The van der Waals surface area contributed by atoms with E-state index in [2.05, 4.69) is 0 Å². The van der Waals surface area contributed by atoms with Gasteiger partial charge in [-0.3, -0.25) is 4.79 Å². The second kappa shape index (κ2) is 12.5. The van der Waals surface area contributed by atoms with Crippen LogP contribution in [-0.2, 0) is 9.47 Å². The number of methoxy groups -OCH3 is 2. The molecule has 2 rings (SSSR count). The highest BCUT2D eigenvalue weighted by molar-refractivity contribution is 6.08. The van der Waals surface area contributed by atoms with Crippen molar-refractivity contribution in [3.8, 4) is 28.7 Å². The van der Waals surface area contributed by atoms with Crippen molar-refractivity contribution in [1.29, 1.82) is 0 Å². The summed E-state index contributed by atoms with van der Waals surface area (Å²) in [4.78, 5) is 12.8. The number of hydrogen-bond acceptors (Lipinski definition) is 8. The van der Waals surface area contributed by atoms with Crippen LogP contribution < -0.4 is 18.9 Å². The van der Waals surface area contributed by atoms with E-state index in [-0.39, 0.29) is 36.6 Å². The first kappa shape index (κ1) is 24.0. The van der Waals surface area contributed by atoms with E-state index >= 15 is 0 Å². The highest BCUT2D eigenvalue weighted by atomic mass is 16.7. The first-order valence-corrected chi connectivity index (χ1v) is 9.76. The molecule has 1 N–H and O–H groups in total. The van der Waals surface area contributed by atoms with E-state index in [4.69, 9.17) is 28.4 Å². The Balaban J connectivity index is 2.26. The lowest BCUT2D eigenvalue weighted by atomic mass is 10.1. The smallest absolute Gasteiger partial charge is 0.200 e. The summed E-state index contributed by atoms with van der Waals surface area (Å²) in [5, 5.41) is 10.0. The molecule has 0 bridgehead atoms. The van der Waals surface area contributed by atoms with Crippen LogP contribution in [0.2, 0.25) is 0 Å². The van der Waals surface area contributed by atoms with Crippen molar-refractivity contribution in [2.24, 2.45) is 0 Å². The van der Waals surface area contributed by atoms with Gasteiger partial charge in [0.2, 0.25) is 5.75 Å². The van der Waals surface area contributed by atoms with Crippen LogP contribution >= 0.6 is 0 Å². The number of benzene rings is 2. The van der Waals surface area contributed by atoms with Gasteiger partial charge in [0.1, 0.15) is 11.5 Å². The monoisotopic (exact) mass is 432 g/mol. The van der Waals surface area contributed by atoms with Crippen molar-refractivity contribution in [2.45, 2.75) is 13.8 Å². The fraction of sp³-hybridized carbons (Fsp3) is 0.348. The zero-order chi connectivity index (χ0) is 22.6. The maximum atomic E-state index is 12.8. The van der Waals surface area contributed by atoms with Gasteiger partial charge in [0.05, 0.1) is 19.8 Å². The van der Waals surface area contributed by atoms with E-state index in [1.807, 2.05) is 13.8 Å². The number of carbonyl (C=O) groups excluding carboxylic acids is 1. The van der Waals surface area contributed by atoms with Gasteiger partial charge >= 0.3 is 0 Å². The summed E-state index contributed by atoms with van der Waals surface area (Å²) in [5.74, 6) is 0.925. The van der Waals surface area contributed by atoms with Gasteiger partial charge in [-0.05, 0) is 49.8 Å². The lowest BCUT2D eigenvalue weighted by Crippen LogP contribution is -2.08. The Hall–Kier alpha value is -3.23. The van der Waals surface area contributed by atoms with Crippen LogP contribution in [0.25, 0.3) is 6.08 Å². The highest BCUT2D eigenvalue weighted by Gasteiger charge is 2.14. The molecule has 0 unspecified atom stereocenters. The Morgan fingerprint density at radius 3 is 2.10 bits per heavy atom. The second-order valence-corrected chi connectivity index (χ2v) is 6.14. The lowest BCUT2D eigenvalue weighted by Gasteiger charge is -2.12. The third-order valence-corrected chi connectivity index (χ3v) is 4.16. The number of hydrogen-bond donors (Lipinski definition) is 1. The fourth-order valence-electron chi connectivity index (χ4n) is 2.57. The summed E-state index contributed by atoms with van der Waals surface area (Å²) in [5.41, 5.74) is 0.964. The fourth-order valence-corrected chi connectivity index (χ4v) is 2.57. The predicted octanol–water partition coefficient (Wildman–Crippen LogP) is 4.05. The molecule has 0 aliphatic heterocycles. The summed E-state index contributed by atoms with van der Waals surface area (Å²) in [6, 6.07) is 8.09. The van der Waals surface area contributed by atoms with E-state index in [1.54, 1.807) is 36.4 Å². The van der Waals surface area contributed by atoms with Crippen LogP contribution in [0.5, 0.6) is 28.7 Å². The molecule has 0 amide bonds. The standard InChI is InChI=1S/C23H28O8/c1-5-28-14-30-17-8-9-18(20(13-17)31-15-29-6-2)19(24)10-7-16-11-21(26-3)23(25)22(12-16)27-4/h7-13,25H,5-6,14-15H2,1-4H3/b10-7+. The van der Waals surface area contributed by atoms with E-state index in [0.717, 1.165) is 0 Å². The number of allylic oxidation sites excluding steroid dienone is 1. The minimum absolute atomic E-state index is 0.00175. The molecular formula is C23H28O8. The molecule has 0 saturated carbocycles. The Kier molecular flexibility index (Phi) is 9.67. The quantitative estimate of drug-likeness (QED) is 0.219. The molecule has 0 aliphatic rings. The van der Waals surface area contributed by atoms with Crippen LogP contribution in [0.15, 0.2) is 36.4 Å². The maximum absolute atomic E-state index is 12.8. The number of carbonyl (C=O) groups is 1. The maximum Gasteiger partial charge on any atom is 0.200 e. The molecular weight excluding hydrogens is 404 g/mol. The summed E-state index contributed by atoms with van der Waals surface area (Å²) in [7, 11) is 2.87. The van der Waals surface area contributed by atoms with Crippen molar-refractivity contribution < 1.29 is 38.3 Å². The molecule has 2 aromatic carbocycles. The minimum atomic E-state index is -0.283. The van der Waals surface area contributed by atoms with Crippen molar-refractivity contribution in [1.82, 2.24) is 0 Å². The predicted molar refractivity (Wildman–Crippen MR) is 115 cm³/mol. The molecule has 0 radical (unpaired) electrons. The lowest BCUT2D eigenvalue weighted by molar-refractivity contribution is 0.0179. The van der Waals surface area contributed by atoms with Crippen molar-refractivity contribution in [2.75, 3.05) is 41.0 Å². The molecule has 0 aliphatic carbocycles. The van der Waals surface area contributed by atoms with Crippen LogP contribution in [0, 0.1) is 0 Å². The molecule has 0 saturated heterocycles. The zero-order valence-corrected chi connectivity index (χ0v) is 18.2. The third kappa shape index (κ3) is 6.91. The molecule has 0 aromatic heterocycles. The Labute approximate surface area is 181 Å². The van der Waals surface area contributed by atoms with Gasteiger partial charge in [0.25, 0.3) is 0 Å². The number of phenolic OH excluding ortho intramolecular Hbond substituents is 1. The van der Waals surface area contributed by atoms with Crippen LogP contribution in [0.3, 0.4) is 0 Å². The normalized spacial score (nSPS) is 10.8. The Morgan fingerprint density at radius 2 is 1.52 bits per heavy atom. The number of ketones is 1. The first-order valence-electron chi connectivity index (χ1n) is 9.76. The van der Waals surface area contributed by atoms with Gasteiger partial charge in [-0.2, -0.15) is 0 Å². The summed E-state index contributed by atoms with van der Waals surface area (Å²) < 4.78 is 31.8. The molecule has 8 heteroatoms. The van der Waals surface area contributed by atoms with E-state index in [0.29, 0.717) is 35.8 Å². The molecule has 0 heterocycles. The number of rotatable bonds is 13. The SMILES string of the molecule is CCOCOc1ccc(C(=O)/C=C/c2cc(OC)c(O)c(OC)c2)c(OCOCC)c1. The second-order valence-electron chi connectivity index (χ2n) is 6.14. The van der Waals surface area contributed by atoms with Crippen LogP contribution in [0.4, 0.5) is 0 Å². The van der Waals surface area contributed by atoms with Crippen LogP contribution in [-0.4, -0.2) is 51.9 Å². The van der Waals surface area contributed by atoms with Gasteiger partial charge in [0.15, 0.2) is 30.9 Å². The average molecular weight is 432 g/mol. The molecule has 31 heavy (non-hydrogen) atoms. The minimum Gasteiger partial charge on any atom is -0.502 e. The number of aromatic hydroxyl groups is 1. The summed E-state index contributed by atoms with van der Waals surface area (Å²) in [6.07, 6.45) is 2.99. The molecule has 168 valence electrons. The van der Waals surface area contributed by atoms with E-state index in [9.17, 15) is 9.90 Å².